The molecule has 1 saturated heterocycles. The summed E-state index contributed by atoms with van der Waals surface area (Å²) < 4.78 is 5.43. The maximum absolute atomic E-state index is 12.6. The molecule has 2 atom stereocenters. The van der Waals surface area contributed by atoms with E-state index >= 15 is 0 Å². The summed E-state index contributed by atoms with van der Waals surface area (Å²) in [5.41, 5.74) is 1.16. The molecule has 21 heavy (non-hydrogen) atoms. The third kappa shape index (κ3) is 3.50. The molecule has 0 aromatic carbocycles. The first-order valence-corrected chi connectivity index (χ1v) is 7.50. The summed E-state index contributed by atoms with van der Waals surface area (Å²) in [5.74, 6) is 1.46. The summed E-state index contributed by atoms with van der Waals surface area (Å²) in [6.07, 6.45) is 4.33. The highest BCUT2D eigenvalue weighted by Gasteiger charge is 2.37. The Hall–Kier alpha value is -1.69. The van der Waals surface area contributed by atoms with Gasteiger partial charge in [0.2, 0.25) is 5.91 Å². The Morgan fingerprint density at radius 2 is 2.19 bits per heavy atom. The zero-order valence-electron chi connectivity index (χ0n) is 13.2. The van der Waals surface area contributed by atoms with Crippen molar-refractivity contribution in [3.05, 3.63) is 23.3 Å². The van der Waals surface area contributed by atoms with Crippen LogP contribution in [0, 0.1) is 6.92 Å². The summed E-state index contributed by atoms with van der Waals surface area (Å²) in [7, 11) is 1.68. The van der Waals surface area contributed by atoms with Crippen LogP contribution in [0.4, 0.5) is 0 Å². The number of carbonyl (C=O) groups is 1. The Labute approximate surface area is 125 Å². The second kappa shape index (κ2) is 6.85. The Morgan fingerprint density at radius 3 is 2.71 bits per heavy atom. The van der Waals surface area contributed by atoms with E-state index < -0.39 is 0 Å². The quantitative estimate of drug-likeness (QED) is 0.844. The number of likely N-dealkylation sites (tertiary alicyclic amines) is 1. The minimum absolute atomic E-state index is 0.0284. The monoisotopic (exact) mass is 292 g/mol. The number of H-pyrrole nitrogens is 1. The highest BCUT2D eigenvalue weighted by molar-refractivity contribution is 5.88. The van der Waals surface area contributed by atoms with Gasteiger partial charge in [0.25, 0.3) is 0 Å². The molecule has 1 amide bonds. The van der Waals surface area contributed by atoms with E-state index in [0.29, 0.717) is 12.4 Å². The van der Waals surface area contributed by atoms with Crippen molar-refractivity contribution < 1.29 is 9.53 Å². The molecule has 2 heterocycles. The van der Waals surface area contributed by atoms with Crippen LogP contribution in [-0.4, -0.2) is 45.7 Å². The predicted octanol–water partition coefficient (Wildman–Crippen LogP) is 2.15. The molecular formula is C15H24N4O2. The minimum atomic E-state index is -0.112. The van der Waals surface area contributed by atoms with Gasteiger partial charge in [0.15, 0.2) is 5.82 Å². The molecule has 1 aromatic rings. The SMILES string of the molecule is CCC(=CC(=O)N1C[C@H](OC)C[C@H]1c1n[nH]c(C)n1)CC. The van der Waals surface area contributed by atoms with Crippen molar-refractivity contribution >= 4 is 5.91 Å². The highest BCUT2D eigenvalue weighted by Crippen LogP contribution is 2.32. The number of aromatic nitrogens is 3. The third-order valence-electron chi connectivity index (χ3n) is 4.03. The average Bonchev–Trinajstić information content (AvgIpc) is 3.10. The van der Waals surface area contributed by atoms with Crippen molar-refractivity contribution in [1.29, 1.82) is 0 Å². The lowest BCUT2D eigenvalue weighted by molar-refractivity contribution is -0.127. The number of allylic oxidation sites excluding steroid dienone is 1. The molecule has 1 fully saturated rings. The lowest BCUT2D eigenvalue weighted by atomic mass is 10.1. The maximum Gasteiger partial charge on any atom is 0.247 e. The molecule has 1 aliphatic rings. The summed E-state index contributed by atoms with van der Waals surface area (Å²) >= 11 is 0. The first kappa shape index (κ1) is 15.7. The van der Waals surface area contributed by atoms with Crippen LogP contribution in [0.2, 0.25) is 0 Å². The topological polar surface area (TPSA) is 71.1 Å². The number of rotatable bonds is 5. The Balaban J connectivity index is 2.22. The lowest BCUT2D eigenvalue weighted by Gasteiger charge is -2.21. The third-order valence-corrected chi connectivity index (χ3v) is 4.03. The van der Waals surface area contributed by atoms with E-state index in [9.17, 15) is 4.79 Å². The molecule has 116 valence electrons. The first-order chi connectivity index (χ1) is 10.1. The largest absolute Gasteiger partial charge is 0.380 e. The average molecular weight is 292 g/mol. The standard InChI is InChI=1S/C15H24N4O2/c1-5-11(6-2)7-14(20)19-9-12(21-4)8-13(19)15-16-10(3)17-18-15/h7,12-13H,5-6,8-9H2,1-4H3,(H,16,17,18)/t12-,13+/m1/s1. The predicted molar refractivity (Wildman–Crippen MR) is 79.7 cm³/mol. The van der Waals surface area contributed by atoms with Crippen LogP contribution in [0.15, 0.2) is 11.6 Å². The Kier molecular flexibility index (Phi) is 5.12. The van der Waals surface area contributed by atoms with E-state index in [4.69, 9.17) is 4.74 Å². The van der Waals surface area contributed by atoms with Crippen molar-refractivity contribution in [1.82, 2.24) is 20.1 Å². The van der Waals surface area contributed by atoms with Crippen LogP contribution in [0.25, 0.3) is 0 Å². The fraction of sp³-hybridized carbons (Fsp3) is 0.667. The smallest absolute Gasteiger partial charge is 0.247 e. The molecule has 0 radical (unpaired) electrons. The Morgan fingerprint density at radius 1 is 1.48 bits per heavy atom. The molecular weight excluding hydrogens is 268 g/mol. The molecule has 1 N–H and O–H groups in total. The number of nitrogens with one attached hydrogen (secondary N) is 1. The van der Waals surface area contributed by atoms with E-state index in [0.717, 1.165) is 30.7 Å². The molecule has 0 aliphatic carbocycles. The van der Waals surface area contributed by atoms with Gasteiger partial charge < -0.3 is 9.64 Å². The van der Waals surface area contributed by atoms with Crippen LogP contribution in [0.5, 0.6) is 0 Å². The van der Waals surface area contributed by atoms with E-state index in [1.54, 1.807) is 13.2 Å². The fourth-order valence-electron chi connectivity index (χ4n) is 2.68. The van der Waals surface area contributed by atoms with Gasteiger partial charge in [0.05, 0.1) is 12.1 Å². The second-order valence-electron chi connectivity index (χ2n) is 5.39. The number of methoxy groups -OCH3 is 1. The molecule has 1 aliphatic heterocycles. The molecule has 6 heteroatoms. The lowest BCUT2D eigenvalue weighted by Crippen LogP contribution is -2.31. The van der Waals surface area contributed by atoms with Crippen LogP contribution < -0.4 is 0 Å². The van der Waals surface area contributed by atoms with Gasteiger partial charge in [-0.15, -0.1) is 0 Å². The number of carbonyl (C=O) groups excluding carboxylic acids is 1. The molecule has 6 nitrogen and oxygen atoms in total. The summed E-state index contributed by atoms with van der Waals surface area (Å²) in [6.45, 7) is 6.59. The van der Waals surface area contributed by atoms with E-state index in [-0.39, 0.29) is 18.1 Å². The first-order valence-electron chi connectivity index (χ1n) is 7.50. The van der Waals surface area contributed by atoms with Gasteiger partial charge >= 0.3 is 0 Å². The summed E-state index contributed by atoms with van der Waals surface area (Å²) in [4.78, 5) is 18.8. The summed E-state index contributed by atoms with van der Waals surface area (Å²) in [5, 5.41) is 7.06. The van der Waals surface area contributed by atoms with Crippen molar-refractivity contribution in [3.63, 3.8) is 0 Å². The van der Waals surface area contributed by atoms with Crippen LogP contribution >= 0.6 is 0 Å². The molecule has 2 rings (SSSR count). The zero-order chi connectivity index (χ0) is 15.4. The van der Waals surface area contributed by atoms with Crippen LogP contribution in [0.3, 0.4) is 0 Å². The number of hydrogen-bond acceptors (Lipinski definition) is 4. The number of amides is 1. The van der Waals surface area contributed by atoms with Crippen LogP contribution in [0.1, 0.15) is 50.8 Å². The van der Waals surface area contributed by atoms with E-state index in [2.05, 4.69) is 29.0 Å². The van der Waals surface area contributed by atoms with Gasteiger partial charge in [-0.05, 0) is 19.8 Å². The van der Waals surface area contributed by atoms with Gasteiger partial charge in [0, 0.05) is 26.2 Å². The number of aromatic amines is 1. The van der Waals surface area contributed by atoms with Crippen molar-refractivity contribution in [2.75, 3.05) is 13.7 Å². The molecule has 0 spiro atoms. The minimum Gasteiger partial charge on any atom is -0.380 e. The molecule has 0 unspecified atom stereocenters. The molecule has 1 aromatic heterocycles. The van der Waals surface area contributed by atoms with Gasteiger partial charge in [0.1, 0.15) is 5.82 Å². The van der Waals surface area contributed by atoms with Gasteiger partial charge in [-0.1, -0.05) is 19.4 Å². The fourth-order valence-corrected chi connectivity index (χ4v) is 2.68. The normalized spacial score (nSPS) is 21.6. The maximum atomic E-state index is 12.6. The van der Waals surface area contributed by atoms with E-state index in [1.807, 2.05) is 11.8 Å². The number of nitrogens with zero attached hydrogens (tertiary/aromatic N) is 3. The molecule has 0 saturated carbocycles. The van der Waals surface area contributed by atoms with Crippen LogP contribution in [-0.2, 0) is 9.53 Å². The highest BCUT2D eigenvalue weighted by atomic mass is 16.5. The molecule has 0 bridgehead atoms. The van der Waals surface area contributed by atoms with Gasteiger partial charge in [-0.3, -0.25) is 9.89 Å². The number of hydrogen-bond donors (Lipinski definition) is 1. The van der Waals surface area contributed by atoms with E-state index in [1.165, 1.54) is 0 Å². The Bertz CT molecular complexity index is 517. The second-order valence-corrected chi connectivity index (χ2v) is 5.39. The summed E-state index contributed by atoms with van der Waals surface area (Å²) in [6, 6.07) is -0.112. The van der Waals surface area contributed by atoms with Crippen molar-refractivity contribution in [3.8, 4) is 0 Å². The number of aryl methyl sites for hydroxylation is 1. The van der Waals surface area contributed by atoms with Gasteiger partial charge in [-0.2, -0.15) is 5.10 Å². The van der Waals surface area contributed by atoms with Crippen molar-refractivity contribution in [2.45, 2.75) is 52.2 Å². The number of ether oxygens (including phenoxy) is 1. The zero-order valence-corrected chi connectivity index (χ0v) is 13.2. The van der Waals surface area contributed by atoms with Gasteiger partial charge in [-0.25, -0.2) is 4.98 Å². The van der Waals surface area contributed by atoms with Crippen molar-refractivity contribution in [2.24, 2.45) is 0 Å².